The van der Waals surface area contributed by atoms with E-state index in [-0.39, 0.29) is 11.6 Å². The summed E-state index contributed by atoms with van der Waals surface area (Å²) in [4.78, 5) is 0. The van der Waals surface area contributed by atoms with Crippen molar-refractivity contribution >= 4 is 0 Å². The second-order valence-corrected chi connectivity index (χ2v) is 4.33. The predicted molar refractivity (Wildman–Crippen MR) is 70.6 cm³/mol. The van der Waals surface area contributed by atoms with Crippen molar-refractivity contribution in [2.24, 2.45) is 0 Å². The molecule has 0 spiro atoms. The van der Waals surface area contributed by atoms with Gasteiger partial charge in [0.05, 0.1) is 0 Å². The first-order chi connectivity index (χ1) is 8.65. The highest BCUT2D eigenvalue weighted by Crippen LogP contribution is 2.25. The van der Waals surface area contributed by atoms with Gasteiger partial charge < -0.3 is 0 Å². The zero-order valence-electron chi connectivity index (χ0n) is 10.6. The van der Waals surface area contributed by atoms with Gasteiger partial charge >= 0.3 is 0 Å². The predicted octanol–water partition coefficient (Wildman–Crippen LogP) is 4.76. The van der Waals surface area contributed by atoms with Gasteiger partial charge in [0.1, 0.15) is 11.6 Å². The Labute approximate surface area is 106 Å². The van der Waals surface area contributed by atoms with Crippen LogP contribution in [0, 0.1) is 11.6 Å². The van der Waals surface area contributed by atoms with Crippen LogP contribution in [0.15, 0.2) is 36.4 Å². The van der Waals surface area contributed by atoms with E-state index in [0.717, 1.165) is 12.0 Å². The van der Waals surface area contributed by atoms with Gasteiger partial charge in [0, 0.05) is 5.56 Å². The fourth-order valence-electron chi connectivity index (χ4n) is 2.01. The maximum atomic E-state index is 13.9. The normalized spacial score (nSPS) is 10.7. The lowest BCUT2D eigenvalue weighted by Gasteiger charge is -2.07. The van der Waals surface area contributed by atoms with E-state index in [1.54, 1.807) is 18.2 Å². The summed E-state index contributed by atoms with van der Waals surface area (Å²) in [5, 5.41) is 0. The average Bonchev–Trinajstić information content (AvgIpc) is 2.38. The average molecular weight is 246 g/mol. The molecule has 0 radical (unpaired) electrons. The molecule has 18 heavy (non-hydrogen) atoms. The van der Waals surface area contributed by atoms with E-state index in [1.165, 1.54) is 12.1 Å². The highest BCUT2D eigenvalue weighted by atomic mass is 19.1. The summed E-state index contributed by atoms with van der Waals surface area (Å²) >= 11 is 0. The van der Waals surface area contributed by atoms with Crippen LogP contribution in [0.3, 0.4) is 0 Å². The van der Waals surface area contributed by atoms with Crippen LogP contribution in [-0.2, 0) is 12.8 Å². The molecule has 0 atom stereocenters. The topological polar surface area (TPSA) is 0 Å². The first-order valence-electron chi connectivity index (χ1n) is 6.23. The van der Waals surface area contributed by atoms with E-state index >= 15 is 0 Å². The third-order valence-corrected chi connectivity index (χ3v) is 3.19. The molecule has 0 aliphatic carbocycles. The Hall–Kier alpha value is -1.70. The van der Waals surface area contributed by atoms with Gasteiger partial charge in [-0.05, 0) is 41.7 Å². The van der Waals surface area contributed by atoms with E-state index < -0.39 is 0 Å². The van der Waals surface area contributed by atoms with Crippen LogP contribution in [0.5, 0.6) is 0 Å². The molecule has 94 valence electrons. The third-order valence-electron chi connectivity index (χ3n) is 3.19. The molecule has 0 aromatic heterocycles. The van der Waals surface area contributed by atoms with Gasteiger partial charge in [0.25, 0.3) is 0 Å². The van der Waals surface area contributed by atoms with E-state index in [1.807, 2.05) is 19.9 Å². The minimum Gasteiger partial charge on any atom is -0.207 e. The number of hydrogen-bond donors (Lipinski definition) is 0. The second kappa shape index (κ2) is 5.30. The molecule has 0 heterocycles. The number of rotatable bonds is 3. The summed E-state index contributed by atoms with van der Waals surface area (Å²) in [5.74, 6) is -0.563. The van der Waals surface area contributed by atoms with Crippen molar-refractivity contribution in [3.05, 3.63) is 59.2 Å². The highest BCUT2D eigenvalue weighted by molar-refractivity contribution is 5.65. The fraction of sp³-hybridized carbons (Fsp3) is 0.250. The Bertz CT molecular complexity index is 559. The number of halogens is 2. The monoisotopic (exact) mass is 246 g/mol. The zero-order chi connectivity index (χ0) is 13.1. The maximum Gasteiger partial charge on any atom is 0.131 e. The van der Waals surface area contributed by atoms with Gasteiger partial charge in [-0.3, -0.25) is 0 Å². The Balaban J connectivity index is 2.45. The second-order valence-electron chi connectivity index (χ2n) is 4.33. The molecule has 0 unspecified atom stereocenters. The van der Waals surface area contributed by atoms with Gasteiger partial charge in [-0.1, -0.05) is 38.1 Å². The molecule has 0 saturated heterocycles. The number of benzene rings is 2. The Morgan fingerprint density at radius 2 is 1.61 bits per heavy atom. The van der Waals surface area contributed by atoms with E-state index in [2.05, 4.69) is 0 Å². The number of aryl methyl sites for hydroxylation is 2. The van der Waals surface area contributed by atoms with Crippen LogP contribution in [0.1, 0.15) is 25.0 Å². The smallest absolute Gasteiger partial charge is 0.131 e. The standard InChI is InChI=1S/C16H16F2/c1-3-11-5-8-14(16(18)9-11)13-7-6-12(4-2)15(17)10-13/h5-10H,3-4H2,1-2H3. The molecular formula is C16H16F2. The maximum absolute atomic E-state index is 13.9. The quantitative estimate of drug-likeness (QED) is 0.732. The van der Waals surface area contributed by atoms with Crippen molar-refractivity contribution in [3.63, 3.8) is 0 Å². The van der Waals surface area contributed by atoms with E-state index in [4.69, 9.17) is 0 Å². The molecule has 0 nitrogen and oxygen atoms in total. The number of hydrogen-bond acceptors (Lipinski definition) is 0. The minimum atomic E-state index is -0.294. The molecule has 0 fully saturated rings. The summed E-state index contributed by atoms with van der Waals surface area (Å²) in [6.45, 7) is 3.87. The Morgan fingerprint density at radius 3 is 2.17 bits per heavy atom. The van der Waals surface area contributed by atoms with Crippen LogP contribution in [-0.4, -0.2) is 0 Å². The van der Waals surface area contributed by atoms with E-state index in [9.17, 15) is 8.78 Å². The molecule has 0 saturated carbocycles. The van der Waals surface area contributed by atoms with Crippen LogP contribution in [0.4, 0.5) is 8.78 Å². The van der Waals surface area contributed by atoms with Gasteiger partial charge in [0.2, 0.25) is 0 Å². The molecule has 0 amide bonds. The summed E-state index contributed by atoms with van der Waals surface area (Å²) in [5.41, 5.74) is 2.64. The third kappa shape index (κ3) is 2.42. The summed E-state index contributed by atoms with van der Waals surface area (Å²) < 4.78 is 27.6. The van der Waals surface area contributed by atoms with Crippen molar-refractivity contribution in [3.8, 4) is 11.1 Å². The van der Waals surface area contributed by atoms with Crippen LogP contribution >= 0.6 is 0 Å². The Kier molecular flexibility index (Phi) is 3.75. The highest BCUT2D eigenvalue weighted by Gasteiger charge is 2.08. The van der Waals surface area contributed by atoms with Gasteiger partial charge in [-0.2, -0.15) is 0 Å². The van der Waals surface area contributed by atoms with E-state index in [0.29, 0.717) is 23.1 Å². The fourth-order valence-corrected chi connectivity index (χ4v) is 2.01. The SMILES string of the molecule is CCc1ccc(-c2ccc(CC)c(F)c2)c(F)c1. The summed E-state index contributed by atoms with van der Waals surface area (Å²) in [6, 6.07) is 10.0. The van der Waals surface area contributed by atoms with Crippen LogP contribution in [0.2, 0.25) is 0 Å². The molecular weight excluding hydrogens is 230 g/mol. The van der Waals surface area contributed by atoms with Crippen LogP contribution < -0.4 is 0 Å². The lowest BCUT2D eigenvalue weighted by molar-refractivity contribution is 0.611. The van der Waals surface area contributed by atoms with Crippen molar-refractivity contribution in [2.75, 3.05) is 0 Å². The van der Waals surface area contributed by atoms with Crippen LogP contribution in [0.25, 0.3) is 11.1 Å². The van der Waals surface area contributed by atoms with Gasteiger partial charge in [0.15, 0.2) is 0 Å². The molecule has 0 bridgehead atoms. The summed E-state index contributed by atoms with van der Waals surface area (Å²) in [7, 11) is 0. The van der Waals surface area contributed by atoms with Gasteiger partial charge in [-0.25, -0.2) is 8.78 Å². The first-order valence-corrected chi connectivity index (χ1v) is 6.23. The lowest BCUT2D eigenvalue weighted by atomic mass is 10.00. The lowest BCUT2D eigenvalue weighted by Crippen LogP contribution is -1.92. The molecule has 2 aromatic carbocycles. The first kappa shape index (κ1) is 12.7. The van der Waals surface area contributed by atoms with Gasteiger partial charge in [-0.15, -0.1) is 0 Å². The molecule has 0 N–H and O–H groups in total. The minimum absolute atomic E-state index is 0.269. The largest absolute Gasteiger partial charge is 0.207 e. The zero-order valence-corrected chi connectivity index (χ0v) is 10.6. The molecule has 0 aliphatic rings. The Morgan fingerprint density at radius 1 is 0.833 bits per heavy atom. The summed E-state index contributed by atoms with van der Waals surface area (Å²) in [6.07, 6.45) is 1.43. The van der Waals surface area contributed by atoms with Crippen molar-refractivity contribution in [1.29, 1.82) is 0 Å². The van der Waals surface area contributed by atoms with Crippen molar-refractivity contribution in [1.82, 2.24) is 0 Å². The molecule has 2 rings (SSSR count). The van der Waals surface area contributed by atoms with Crippen molar-refractivity contribution < 1.29 is 8.78 Å². The molecule has 0 aliphatic heterocycles. The van der Waals surface area contributed by atoms with Crippen molar-refractivity contribution in [2.45, 2.75) is 26.7 Å². The molecule has 2 aromatic rings. The molecule has 2 heteroatoms.